The second kappa shape index (κ2) is 3.46. The van der Waals surface area contributed by atoms with E-state index in [0.717, 1.165) is 22.9 Å². The van der Waals surface area contributed by atoms with E-state index < -0.39 is 0 Å². The van der Waals surface area contributed by atoms with Gasteiger partial charge in [0.25, 0.3) is 0 Å². The minimum Gasteiger partial charge on any atom is -0.338 e. The van der Waals surface area contributed by atoms with E-state index in [-0.39, 0.29) is 0 Å². The first-order valence-electron chi connectivity index (χ1n) is 4.41. The highest BCUT2D eigenvalue weighted by Crippen LogP contribution is 2.22. The smallest absolute Gasteiger partial charge is 0.139 e. The fourth-order valence-electron chi connectivity index (χ4n) is 1.68. The van der Waals surface area contributed by atoms with Gasteiger partial charge in [-0.15, -0.1) is 0 Å². The Morgan fingerprint density at radius 2 is 2.21 bits per heavy atom. The zero-order valence-electron chi connectivity index (χ0n) is 7.83. The number of halogens is 1. The largest absolute Gasteiger partial charge is 0.338 e. The van der Waals surface area contributed by atoms with Gasteiger partial charge in [0.2, 0.25) is 0 Å². The molecule has 2 rings (SSSR count). The summed E-state index contributed by atoms with van der Waals surface area (Å²) in [6, 6.07) is 7.75. The number of carbonyl (C=O) groups excluding carboxylic acids is 1. The highest BCUT2D eigenvalue weighted by molar-refractivity contribution is 6.31. The van der Waals surface area contributed by atoms with Gasteiger partial charge >= 0.3 is 0 Å². The number of aldehydes is 1. The zero-order valence-corrected chi connectivity index (χ0v) is 8.58. The molecular formula is C11H10ClNO. The van der Waals surface area contributed by atoms with Crippen LogP contribution in [0.15, 0.2) is 24.3 Å². The molecule has 1 aromatic carbocycles. The number of fused-ring (bicyclic) bond motifs is 1. The minimum atomic E-state index is 0.385. The highest BCUT2D eigenvalue weighted by atomic mass is 35.5. The molecular weight excluding hydrogens is 198 g/mol. The van der Waals surface area contributed by atoms with E-state index in [0.29, 0.717) is 11.6 Å². The zero-order chi connectivity index (χ0) is 10.1. The first kappa shape index (κ1) is 9.28. The van der Waals surface area contributed by atoms with Crippen molar-refractivity contribution in [3.8, 4) is 0 Å². The quantitative estimate of drug-likeness (QED) is 0.695. The molecule has 0 aliphatic carbocycles. The van der Waals surface area contributed by atoms with Crippen molar-refractivity contribution in [2.24, 2.45) is 0 Å². The third-order valence-corrected chi connectivity index (χ3v) is 2.57. The van der Waals surface area contributed by atoms with Crippen LogP contribution in [0.3, 0.4) is 0 Å². The first-order chi connectivity index (χ1) is 6.72. The molecule has 3 heteroatoms. The first-order valence-corrected chi connectivity index (χ1v) is 4.79. The Balaban J connectivity index is 2.72. The summed E-state index contributed by atoms with van der Waals surface area (Å²) >= 11 is 5.90. The van der Waals surface area contributed by atoms with Gasteiger partial charge in [-0.2, -0.15) is 0 Å². The van der Waals surface area contributed by atoms with E-state index in [1.807, 2.05) is 29.7 Å². The van der Waals surface area contributed by atoms with Crippen molar-refractivity contribution in [3.05, 3.63) is 35.0 Å². The summed E-state index contributed by atoms with van der Waals surface area (Å²) in [5, 5.41) is 1.82. The molecule has 0 aliphatic heterocycles. The summed E-state index contributed by atoms with van der Waals surface area (Å²) in [5.74, 6) is 0. The Morgan fingerprint density at radius 1 is 1.43 bits per heavy atom. The van der Waals surface area contributed by atoms with Gasteiger partial charge in [-0.3, -0.25) is 0 Å². The van der Waals surface area contributed by atoms with Crippen LogP contribution in [0.1, 0.15) is 5.69 Å². The van der Waals surface area contributed by atoms with Gasteiger partial charge < -0.3 is 9.36 Å². The normalized spacial score (nSPS) is 10.7. The summed E-state index contributed by atoms with van der Waals surface area (Å²) < 4.78 is 1.95. The predicted molar refractivity (Wildman–Crippen MR) is 57.7 cm³/mol. The highest BCUT2D eigenvalue weighted by Gasteiger charge is 2.04. The molecule has 0 saturated carbocycles. The van der Waals surface area contributed by atoms with Gasteiger partial charge in [0.1, 0.15) is 6.29 Å². The number of aromatic nitrogens is 1. The number of rotatable bonds is 2. The Labute approximate surface area is 87.1 Å². The average Bonchev–Trinajstić information content (AvgIpc) is 2.45. The van der Waals surface area contributed by atoms with Crippen molar-refractivity contribution in [1.82, 2.24) is 4.57 Å². The second-order valence-electron chi connectivity index (χ2n) is 3.27. The van der Waals surface area contributed by atoms with Gasteiger partial charge in [-0.05, 0) is 30.5 Å². The number of hydrogen-bond acceptors (Lipinski definition) is 1. The van der Waals surface area contributed by atoms with Crippen LogP contribution < -0.4 is 0 Å². The minimum absolute atomic E-state index is 0.385. The van der Waals surface area contributed by atoms with Gasteiger partial charge in [0, 0.05) is 10.7 Å². The Kier molecular flexibility index (Phi) is 2.30. The molecule has 0 unspecified atom stereocenters. The van der Waals surface area contributed by atoms with Gasteiger partial charge in [-0.25, -0.2) is 0 Å². The van der Waals surface area contributed by atoms with Crippen LogP contribution in [0.2, 0.25) is 5.02 Å². The average molecular weight is 208 g/mol. The molecule has 0 atom stereocenters. The molecule has 0 N–H and O–H groups in total. The number of aryl methyl sites for hydroxylation is 1. The van der Waals surface area contributed by atoms with Gasteiger partial charge in [0.05, 0.1) is 12.1 Å². The maximum atomic E-state index is 10.5. The summed E-state index contributed by atoms with van der Waals surface area (Å²) in [5.41, 5.74) is 2.09. The van der Waals surface area contributed by atoms with E-state index >= 15 is 0 Å². The van der Waals surface area contributed by atoms with Crippen LogP contribution in [-0.2, 0) is 11.3 Å². The van der Waals surface area contributed by atoms with Crippen LogP contribution in [0, 0.1) is 6.92 Å². The number of carbonyl (C=O) groups is 1. The van der Waals surface area contributed by atoms with Crippen molar-refractivity contribution in [3.63, 3.8) is 0 Å². The molecule has 1 heterocycles. The Morgan fingerprint density at radius 3 is 2.93 bits per heavy atom. The van der Waals surface area contributed by atoms with Gasteiger partial charge in [-0.1, -0.05) is 17.7 Å². The fraction of sp³-hybridized carbons (Fsp3) is 0.182. The molecule has 1 aromatic heterocycles. The van der Waals surface area contributed by atoms with Crippen molar-refractivity contribution in [2.75, 3.05) is 0 Å². The lowest BCUT2D eigenvalue weighted by Crippen LogP contribution is -2.00. The number of benzene rings is 1. The van der Waals surface area contributed by atoms with Crippen LogP contribution in [0.5, 0.6) is 0 Å². The van der Waals surface area contributed by atoms with E-state index in [4.69, 9.17) is 11.6 Å². The molecule has 0 spiro atoms. The van der Waals surface area contributed by atoms with Crippen LogP contribution >= 0.6 is 11.6 Å². The topological polar surface area (TPSA) is 22.0 Å². The number of nitrogens with zero attached hydrogens (tertiary/aromatic N) is 1. The number of hydrogen-bond donors (Lipinski definition) is 0. The van der Waals surface area contributed by atoms with Crippen molar-refractivity contribution in [1.29, 1.82) is 0 Å². The molecule has 2 nitrogen and oxygen atoms in total. The van der Waals surface area contributed by atoms with E-state index in [9.17, 15) is 4.79 Å². The molecule has 14 heavy (non-hydrogen) atoms. The standard InChI is InChI=1S/C11H10ClNO/c1-8-6-9-2-3-10(12)7-11(9)13(8)4-5-14/h2-3,5-7H,4H2,1H3. The van der Waals surface area contributed by atoms with Crippen molar-refractivity contribution in [2.45, 2.75) is 13.5 Å². The molecule has 0 saturated heterocycles. The summed E-state index contributed by atoms with van der Waals surface area (Å²) in [6.45, 7) is 2.37. The molecule has 0 radical (unpaired) electrons. The molecule has 0 aliphatic rings. The molecule has 0 fully saturated rings. The van der Waals surface area contributed by atoms with Crippen LogP contribution in [0.4, 0.5) is 0 Å². The maximum absolute atomic E-state index is 10.5. The lowest BCUT2D eigenvalue weighted by Gasteiger charge is -2.02. The lowest BCUT2D eigenvalue weighted by molar-refractivity contribution is -0.108. The van der Waals surface area contributed by atoms with E-state index in [2.05, 4.69) is 6.07 Å². The van der Waals surface area contributed by atoms with Gasteiger partial charge in [0.15, 0.2) is 0 Å². The Bertz CT molecular complexity index is 487. The molecule has 0 bridgehead atoms. The van der Waals surface area contributed by atoms with Crippen LogP contribution in [-0.4, -0.2) is 10.9 Å². The predicted octanol–water partition coefficient (Wildman–Crippen LogP) is 2.80. The molecule has 0 amide bonds. The summed E-state index contributed by atoms with van der Waals surface area (Å²) in [4.78, 5) is 10.5. The monoisotopic (exact) mass is 207 g/mol. The van der Waals surface area contributed by atoms with Crippen molar-refractivity contribution < 1.29 is 4.79 Å². The fourth-order valence-corrected chi connectivity index (χ4v) is 1.85. The van der Waals surface area contributed by atoms with Crippen LogP contribution in [0.25, 0.3) is 10.9 Å². The SMILES string of the molecule is Cc1cc2ccc(Cl)cc2n1CC=O. The third-order valence-electron chi connectivity index (χ3n) is 2.33. The van der Waals surface area contributed by atoms with E-state index in [1.54, 1.807) is 0 Å². The van der Waals surface area contributed by atoms with E-state index in [1.165, 1.54) is 0 Å². The van der Waals surface area contributed by atoms with Crippen molar-refractivity contribution >= 4 is 28.8 Å². The molecule has 72 valence electrons. The third kappa shape index (κ3) is 1.42. The maximum Gasteiger partial charge on any atom is 0.139 e. The second-order valence-corrected chi connectivity index (χ2v) is 3.70. The summed E-state index contributed by atoms with van der Waals surface area (Å²) in [7, 11) is 0. The Hall–Kier alpha value is -1.28. The lowest BCUT2D eigenvalue weighted by atomic mass is 10.2. The summed E-state index contributed by atoms with van der Waals surface area (Å²) in [6.07, 6.45) is 0.896. The molecule has 2 aromatic rings.